The summed E-state index contributed by atoms with van der Waals surface area (Å²) in [4.78, 5) is 33.0. The monoisotopic (exact) mass is 378 g/mol. The summed E-state index contributed by atoms with van der Waals surface area (Å²) in [6, 6.07) is 11.5. The molecule has 1 aliphatic heterocycles. The van der Waals surface area contributed by atoms with Crippen molar-refractivity contribution in [2.75, 3.05) is 10.6 Å². The van der Waals surface area contributed by atoms with Gasteiger partial charge >= 0.3 is 0 Å². The molecule has 27 heavy (non-hydrogen) atoms. The molecule has 0 radical (unpaired) electrons. The van der Waals surface area contributed by atoms with E-state index in [0.29, 0.717) is 18.0 Å². The SMILES string of the molecule is O=C(CC[C@@H]1Cc2ccccc2NC1=O)Nc1nc(-c2cccnc2)cs1. The summed E-state index contributed by atoms with van der Waals surface area (Å²) < 4.78 is 0. The molecule has 6 nitrogen and oxygen atoms in total. The Kier molecular flexibility index (Phi) is 4.93. The standard InChI is InChI=1S/C20H18N4O2S/c25-18(24-20-23-17(12-27-20)15-5-3-9-21-11-15)8-7-14-10-13-4-1-2-6-16(13)22-19(14)26/h1-6,9,11-12,14H,7-8,10H2,(H,22,26)(H,23,24,25)/t14-/m1/s1. The van der Waals surface area contributed by atoms with Crippen LogP contribution in [0.15, 0.2) is 54.2 Å². The normalized spacial score (nSPS) is 15.7. The predicted molar refractivity (Wildman–Crippen MR) is 105 cm³/mol. The lowest BCUT2D eigenvalue weighted by atomic mass is 9.89. The summed E-state index contributed by atoms with van der Waals surface area (Å²) in [5, 5.41) is 8.18. The van der Waals surface area contributed by atoms with Crippen LogP contribution < -0.4 is 10.6 Å². The van der Waals surface area contributed by atoms with Crippen molar-refractivity contribution < 1.29 is 9.59 Å². The van der Waals surface area contributed by atoms with E-state index in [9.17, 15) is 9.59 Å². The maximum Gasteiger partial charge on any atom is 0.227 e. The average Bonchev–Trinajstić information content (AvgIpc) is 3.15. The molecule has 7 heteroatoms. The molecule has 0 aliphatic carbocycles. The summed E-state index contributed by atoms with van der Waals surface area (Å²) in [6.07, 6.45) is 4.89. The second kappa shape index (κ2) is 7.67. The van der Waals surface area contributed by atoms with Crippen molar-refractivity contribution in [2.45, 2.75) is 19.3 Å². The molecule has 0 saturated heterocycles. The number of benzene rings is 1. The van der Waals surface area contributed by atoms with Crippen LogP contribution in [0.4, 0.5) is 10.8 Å². The van der Waals surface area contributed by atoms with Gasteiger partial charge in [0.1, 0.15) is 0 Å². The summed E-state index contributed by atoms with van der Waals surface area (Å²) in [5.41, 5.74) is 3.68. The zero-order valence-electron chi connectivity index (χ0n) is 14.5. The number of pyridine rings is 1. The number of carbonyl (C=O) groups is 2. The van der Waals surface area contributed by atoms with E-state index in [4.69, 9.17) is 0 Å². The number of anilines is 2. The fraction of sp³-hybridized carbons (Fsp3) is 0.200. The summed E-state index contributed by atoms with van der Waals surface area (Å²) in [5.74, 6) is -0.337. The lowest BCUT2D eigenvalue weighted by molar-refractivity contribution is -0.121. The molecule has 0 fully saturated rings. The van der Waals surface area contributed by atoms with Gasteiger partial charge in [0.15, 0.2) is 5.13 Å². The smallest absolute Gasteiger partial charge is 0.227 e. The number of hydrogen-bond donors (Lipinski definition) is 2. The Hall–Kier alpha value is -3.06. The molecule has 2 N–H and O–H groups in total. The summed E-state index contributed by atoms with van der Waals surface area (Å²) >= 11 is 1.38. The first kappa shape index (κ1) is 17.4. The predicted octanol–water partition coefficient (Wildman–Crippen LogP) is 3.73. The van der Waals surface area contributed by atoms with Gasteiger partial charge in [-0.15, -0.1) is 11.3 Å². The lowest BCUT2D eigenvalue weighted by Gasteiger charge is -2.24. The molecular formula is C20H18N4O2S. The van der Waals surface area contributed by atoms with Gasteiger partial charge in [-0.1, -0.05) is 18.2 Å². The molecule has 1 aliphatic rings. The Bertz CT molecular complexity index is 971. The molecule has 4 rings (SSSR count). The fourth-order valence-electron chi connectivity index (χ4n) is 3.11. The Morgan fingerprint density at radius 3 is 3.00 bits per heavy atom. The van der Waals surface area contributed by atoms with Crippen LogP contribution in [0.1, 0.15) is 18.4 Å². The van der Waals surface area contributed by atoms with Crippen molar-refractivity contribution in [2.24, 2.45) is 5.92 Å². The van der Waals surface area contributed by atoms with Gasteiger partial charge < -0.3 is 10.6 Å². The van der Waals surface area contributed by atoms with Crippen molar-refractivity contribution in [3.8, 4) is 11.3 Å². The summed E-state index contributed by atoms with van der Waals surface area (Å²) in [7, 11) is 0. The highest BCUT2D eigenvalue weighted by Gasteiger charge is 2.26. The van der Waals surface area contributed by atoms with Crippen LogP contribution in [0.2, 0.25) is 0 Å². The highest BCUT2D eigenvalue weighted by molar-refractivity contribution is 7.14. The number of carbonyl (C=O) groups excluding carboxylic acids is 2. The third-order valence-electron chi connectivity index (χ3n) is 4.54. The third-order valence-corrected chi connectivity index (χ3v) is 5.30. The first-order valence-corrected chi connectivity index (χ1v) is 9.61. The number of nitrogens with zero attached hydrogens (tertiary/aromatic N) is 2. The minimum Gasteiger partial charge on any atom is -0.326 e. The third kappa shape index (κ3) is 4.03. The number of thiazole rings is 1. The van der Waals surface area contributed by atoms with Crippen molar-refractivity contribution in [1.82, 2.24) is 9.97 Å². The molecule has 0 bridgehead atoms. The number of rotatable bonds is 5. The molecule has 2 amide bonds. The van der Waals surface area contributed by atoms with E-state index in [1.807, 2.05) is 41.8 Å². The minimum absolute atomic E-state index is 0.0189. The van der Waals surface area contributed by atoms with Crippen molar-refractivity contribution in [1.29, 1.82) is 0 Å². The second-order valence-electron chi connectivity index (χ2n) is 6.41. The van der Waals surface area contributed by atoms with Gasteiger partial charge in [0.2, 0.25) is 11.8 Å². The largest absolute Gasteiger partial charge is 0.326 e. The Labute approximate surface area is 160 Å². The quantitative estimate of drug-likeness (QED) is 0.708. The van der Waals surface area contributed by atoms with Crippen LogP contribution in [0.3, 0.4) is 0 Å². The number of aromatic nitrogens is 2. The molecule has 0 unspecified atom stereocenters. The minimum atomic E-state index is -0.187. The second-order valence-corrected chi connectivity index (χ2v) is 7.27. The zero-order valence-corrected chi connectivity index (χ0v) is 15.3. The van der Waals surface area contributed by atoms with Gasteiger partial charge in [-0.3, -0.25) is 14.6 Å². The molecule has 2 aromatic heterocycles. The van der Waals surface area contributed by atoms with E-state index in [0.717, 1.165) is 22.5 Å². The average molecular weight is 378 g/mol. The highest BCUT2D eigenvalue weighted by Crippen LogP contribution is 2.28. The maximum absolute atomic E-state index is 12.3. The van der Waals surface area contributed by atoms with Crippen LogP contribution in [0, 0.1) is 5.92 Å². The van der Waals surface area contributed by atoms with Gasteiger partial charge in [-0.05, 0) is 36.6 Å². The van der Waals surface area contributed by atoms with Gasteiger partial charge in [0.05, 0.1) is 5.69 Å². The Morgan fingerprint density at radius 2 is 2.15 bits per heavy atom. The van der Waals surface area contributed by atoms with Crippen LogP contribution in [0.5, 0.6) is 0 Å². The topological polar surface area (TPSA) is 84.0 Å². The van der Waals surface area contributed by atoms with Gasteiger partial charge in [0, 0.05) is 41.4 Å². The van der Waals surface area contributed by atoms with E-state index in [1.165, 1.54) is 11.3 Å². The highest BCUT2D eigenvalue weighted by atomic mass is 32.1. The number of amides is 2. The number of hydrogen-bond acceptors (Lipinski definition) is 5. The van der Waals surface area contributed by atoms with Gasteiger partial charge in [-0.2, -0.15) is 0 Å². The van der Waals surface area contributed by atoms with Crippen molar-refractivity contribution in [3.63, 3.8) is 0 Å². The molecule has 1 atom stereocenters. The lowest BCUT2D eigenvalue weighted by Crippen LogP contribution is -2.30. The summed E-state index contributed by atoms with van der Waals surface area (Å²) in [6.45, 7) is 0. The van der Waals surface area contributed by atoms with Crippen LogP contribution in [-0.2, 0) is 16.0 Å². The van der Waals surface area contributed by atoms with E-state index in [-0.39, 0.29) is 24.2 Å². The van der Waals surface area contributed by atoms with E-state index < -0.39 is 0 Å². The first-order chi connectivity index (χ1) is 13.2. The van der Waals surface area contributed by atoms with E-state index >= 15 is 0 Å². The zero-order chi connectivity index (χ0) is 18.6. The molecule has 3 aromatic rings. The first-order valence-electron chi connectivity index (χ1n) is 8.73. The van der Waals surface area contributed by atoms with Gasteiger partial charge in [0.25, 0.3) is 0 Å². The van der Waals surface area contributed by atoms with Crippen molar-refractivity contribution >= 4 is 34.0 Å². The molecule has 136 valence electrons. The van der Waals surface area contributed by atoms with E-state index in [1.54, 1.807) is 12.4 Å². The van der Waals surface area contributed by atoms with Gasteiger partial charge in [-0.25, -0.2) is 4.98 Å². The van der Waals surface area contributed by atoms with E-state index in [2.05, 4.69) is 20.6 Å². The van der Waals surface area contributed by atoms with Crippen LogP contribution in [-0.4, -0.2) is 21.8 Å². The Morgan fingerprint density at radius 1 is 1.26 bits per heavy atom. The van der Waals surface area contributed by atoms with Crippen LogP contribution >= 0.6 is 11.3 Å². The molecule has 3 heterocycles. The fourth-order valence-corrected chi connectivity index (χ4v) is 3.85. The number of para-hydroxylation sites is 1. The number of fused-ring (bicyclic) bond motifs is 1. The molecular weight excluding hydrogens is 360 g/mol. The van der Waals surface area contributed by atoms with Crippen molar-refractivity contribution in [3.05, 3.63) is 59.7 Å². The molecule has 0 saturated carbocycles. The molecule has 1 aromatic carbocycles. The Balaban J connectivity index is 1.33. The molecule has 0 spiro atoms. The van der Waals surface area contributed by atoms with Crippen LogP contribution in [0.25, 0.3) is 11.3 Å². The maximum atomic E-state index is 12.3. The number of nitrogens with one attached hydrogen (secondary N) is 2.